The first-order valence-corrected chi connectivity index (χ1v) is 6.02. The zero-order valence-corrected chi connectivity index (χ0v) is 10.7. The molecule has 5 nitrogen and oxygen atoms in total. The molecule has 2 N–H and O–H groups in total. The smallest absolute Gasteiger partial charge is 0.252 e. The second-order valence-corrected chi connectivity index (χ2v) is 3.92. The molecule has 0 aliphatic carbocycles. The predicted molar refractivity (Wildman–Crippen MR) is 73.6 cm³/mol. The Kier molecular flexibility index (Phi) is 4.81. The first-order valence-electron chi connectivity index (χ1n) is 6.02. The van der Waals surface area contributed by atoms with Crippen LogP contribution in [0.25, 0.3) is 0 Å². The van der Waals surface area contributed by atoms with E-state index in [1.54, 1.807) is 18.5 Å². The zero-order valence-electron chi connectivity index (χ0n) is 10.7. The molecule has 2 aromatic rings. The summed E-state index contributed by atoms with van der Waals surface area (Å²) in [6.45, 7) is 0.156. The Hall–Kier alpha value is -2.71. The van der Waals surface area contributed by atoms with Gasteiger partial charge in [0.25, 0.3) is 5.91 Å². The number of carbonyl (C=O) groups is 1. The summed E-state index contributed by atoms with van der Waals surface area (Å²) in [5.41, 5.74) is 1.90. The van der Waals surface area contributed by atoms with Crippen molar-refractivity contribution >= 4 is 5.91 Å². The van der Waals surface area contributed by atoms with Gasteiger partial charge in [0.15, 0.2) is 0 Å². The molecule has 0 aliphatic heterocycles. The van der Waals surface area contributed by atoms with E-state index in [2.05, 4.69) is 27.1 Å². The molecule has 0 unspecified atom stereocenters. The van der Waals surface area contributed by atoms with E-state index in [4.69, 9.17) is 5.11 Å². The molecule has 0 spiro atoms. The number of pyridine rings is 2. The van der Waals surface area contributed by atoms with Crippen molar-refractivity contribution in [2.45, 2.75) is 6.54 Å². The van der Waals surface area contributed by atoms with Crippen LogP contribution in [0.4, 0.5) is 0 Å². The summed E-state index contributed by atoms with van der Waals surface area (Å²) >= 11 is 0. The lowest BCUT2D eigenvalue weighted by molar-refractivity contribution is 0.0950. The van der Waals surface area contributed by atoms with Crippen LogP contribution in [-0.2, 0) is 6.54 Å². The number of rotatable bonds is 3. The van der Waals surface area contributed by atoms with Crippen molar-refractivity contribution in [2.24, 2.45) is 0 Å². The number of aromatic nitrogens is 2. The Balaban J connectivity index is 2.09. The molecular weight excluding hydrogens is 254 g/mol. The molecule has 0 saturated heterocycles. The Morgan fingerprint density at radius 1 is 1.20 bits per heavy atom. The van der Waals surface area contributed by atoms with E-state index < -0.39 is 0 Å². The lowest BCUT2D eigenvalue weighted by atomic mass is 10.1. The van der Waals surface area contributed by atoms with Gasteiger partial charge in [-0.1, -0.05) is 11.8 Å². The fourth-order valence-corrected chi connectivity index (χ4v) is 1.61. The molecule has 100 valence electrons. The Labute approximate surface area is 116 Å². The van der Waals surface area contributed by atoms with Crippen LogP contribution in [0.5, 0.6) is 0 Å². The fourth-order valence-electron chi connectivity index (χ4n) is 1.61. The minimum absolute atomic E-state index is 0.230. The SMILES string of the molecule is O=C(NCc1ccncc1)c1ccncc1C#CCO. The third kappa shape index (κ3) is 3.64. The predicted octanol–water partition coefficient (Wildman–Crippen LogP) is 0.750. The third-order valence-corrected chi connectivity index (χ3v) is 2.57. The van der Waals surface area contributed by atoms with Gasteiger partial charge in [0.2, 0.25) is 0 Å². The molecule has 0 aliphatic rings. The van der Waals surface area contributed by atoms with Gasteiger partial charge >= 0.3 is 0 Å². The first kappa shape index (κ1) is 13.7. The van der Waals surface area contributed by atoms with Gasteiger partial charge in [-0.3, -0.25) is 14.8 Å². The van der Waals surface area contributed by atoms with Crippen LogP contribution in [-0.4, -0.2) is 27.6 Å². The summed E-state index contributed by atoms with van der Waals surface area (Å²) in [5.74, 6) is 4.99. The second kappa shape index (κ2) is 7.02. The molecule has 0 aromatic carbocycles. The van der Waals surface area contributed by atoms with Gasteiger partial charge in [-0.15, -0.1) is 0 Å². The van der Waals surface area contributed by atoms with E-state index >= 15 is 0 Å². The van der Waals surface area contributed by atoms with Crippen molar-refractivity contribution in [3.63, 3.8) is 0 Å². The lowest BCUT2D eigenvalue weighted by Gasteiger charge is -2.06. The number of carbonyl (C=O) groups excluding carboxylic acids is 1. The lowest BCUT2D eigenvalue weighted by Crippen LogP contribution is -2.23. The summed E-state index contributed by atoms with van der Waals surface area (Å²) in [5, 5.41) is 11.5. The van der Waals surface area contributed by atoms with Crippen molar-refractivity contribution < 1.29 is 9.90 Å². The van der Waals surface area contributed by atoms with E-state index in [1.807, 2.05) is 12.1 Å². The van der Waals surface area contributed by atoms with Crippen molar-refractivity contribution in [3.05, 3.63) is 59.7 Å². The number of aliphatic hydroxyl groups is 1. The van der Waals surface area contributed by atoms with Gasteiger partial charge in [0, 0.05) is 31.3 Å². The molecule has 2 rings (SSSR count). The maximum absolute atomic E-state index is 12.1. The number of nitrogens with one attached hydrogen (secondary N) is 1. The van der Waals surface area contributed by atoms with Crippen LogP contribution in [0, 0.1) is 11.8 Å². The van der Waals surface area contributed by atoms with Crippen LogP contribution in [0.1, 0.15) is 21.5 Å². The second-order valence-electron chi connectivity index (χ2n) is 3.92. The molecule has 0 atom stereocenters. The Morgan fingerprint density at radius 3 is 2.70 bits per heavy atom. The molecule has 0 bridgehead atoms. The highest BCUT2D eigenvalue weighted by Crippen LogP contribution is 2.06. The van der Waals surface area contributed by atoms with Gasteiger partial charge in [0.1, 0.15) is 6.61 Å². The monoisotopic (exact) mass is 267 g/mol. The minimum atomic E-state index is -0.257. The standard InChI is InChI=1S/C15H13N3O2/c19-9-1-2-13-11-17-8-5-14(13)15(20)18-10-12-3-6-16-7-4-12/h3-8,11,19H,9-10H2,(H,18,20). The van der Waals surface area contributed by atoms with Crippen molar-refractivity contribution in [1.82, 2.24) is 15.3 Å². The van der Waals surface area contributed by atoms with Gasteiger partial charge in [0.05, 0.1) is 11.1 Å². The molecule has 20 heavy (non-hydrogen) atoms. The molecule has 0 fully saturated rings. The highest BCUT2D eigenvalue weighted by Gasteiger charge is 2.09. The van der Waals surface area contributed by atoms with Gasteiger partial charge < -0.3 is 10.4 Å². The number of aliphatic hydroxyl groups excluding tert-OH is 1. The summed E-state index contributed by atoms with van der Waals surface area (Å²) in [6, 6.07) is 5.27. The summed E-state index contributed by atoms with van der Waals surface area (Å²) in [4.78, 5) is 20.0. The molecule has 2 aromatic heterocycles. The van der Waals surface area contributed by atoms with E-state index in [-0.39, 0.29) is 12.5 Å². The number of amides is 1. The van der Waals surface area contributed by atoms with Gasteiger partial charge in [-0.05, 0) is 23.8 Å². The minimum Gasteiger partial charge on any atom is -0.384 e. The van der Waals surface area contributed by atoms with E-state index in [9.17, 15) is 4.79 Å². The molecular formula is C15H13N3O2. The molecule has 1 amide bonds. The van der Waals surface area contributed by atoms with Crippen molar-refractivity contribution in [3.8, 4) is 11.8 Å². The van der Waals surface area contributed by atoms with Crippen LogP contribution >= 0.6 is 0 Å². The topological polar surface area (TPSA) is 75.1 Å². The Morgan fingerprint density at radius 2 is 1.95 bits per heavy atom. The molecule has 0 radical (unpaired) electrons. The van der Waals surface area contributed by atoms with Crippen LogP contribution in [0.15, 0.2) is 43.0 Å². The van der Waals surface area contributed by atoms with E-state index in [0.29, 0.717) is 17.7 Å². The maximum Gasteiger partial charge on any atom is 0.252 e. The largest absolute Gasteiger partial charge is 0.384 e. The number of hydrogen-bond donors (Lipinski definition) is 2. The molecule has 0 saturated carbocycles. The molecule has 5 heteroatoms. The average Bonchev–Trinajstić information content (AvgIpc) is 2.52. The van der Waals surface area contributed by atoms with Gasteiger partial charge in [-0.25, -0.2) is 0 Å². The quantitative estimate of drug-likeness (QED) is 0.805. The van der Waals surface area contributed by atoms with Crippen molar-refractivity contribution in [2.75, 3.05) is 6.61 Å². The maximum atomic E-state index is 12.1. The number of hydrogen-bond acceptors (Lipinski definition) is 4. The highest BCUT2D eigenvalue weighted by molar-refractivity contribution is 5.96. The number of nitrogens with zero attached hydrogens (tertiary/aromatic N) is 2. The van der Waals surface area contributed by atoms with Crippen LogP contribution in [0.2, 0.25) is 0 Å². The first-order chi connectivity index (χ1) is 9.81. The van der Waals surface area contributed by atoms with E-state index in [0.717, 1.165) is 5.56 Å². The van der Waals surface area contributed by atoms with Crippen LogP contribution < -0.4 is 5.32 Å². The molecule has 2 heterocycles. The Bertz CT molecular complexity index is 645. The highest BCUT2D eigenvalue weighted by atomic mass is 16.2. The van der Waals surface area contributed by atoms with E-state index in [1.165, 1.54) is 12.4 Å². The average molecular weight is 267 g/mol. The summed E-state index contributed by atoms with van der Waals surface area (Å²) in [6.07, 6.45) is 6.38. The van der Waals surface area contributed by atoms with Crippen molar-refractivity contribution in [1.29, 1.82) is 0 Å². The summed E-state index contributed by atoms with van der Waals surface area (Å²) < 4.78 is 0. The zero-order chi connectivity index (χ0) is 14.2. The summed E-state index contributed by atoms with van der Waals surface area (Å²) in [7, 11) is 0. The fraction of sp³-hybridized carbons (Fsp3) is 0.133. The van der Waals surface area contributed by atoms with Crippen LogP contribution in [0.3, 0.4) is 0 Å². The normalized spacial score (nSPS) is 9.45. The van der Waals surface area contributed by atoms with Gasteiger partial charge in [-0.2, -0.15) is 0 Å². The third-order valence-electron chi connectivity index (χ3n) is 2.57.